The molecular weight excluding hydrogens is 382 g/mol. The van der Waals surface area contributed by atoms with E-state index in [-0.39, 0.29) is 23.4 Å². The zero-order valence-corrected chi connectivity index (χ0v) is 15.3. The normalized spacial score (nSPS) is 13.1. The first-order valence-corrected chi connectivity index (χ1v) is 8.12. The Morgan fingerprint density at radius 2 is 1.71 bits per heavy atom. The molecule has 0 fully saturated rings. The lowest BCUT2D eigenvalue weighted by Crippen LogP contribution is -2.32. The zero-order valence-electron chi connectivity index (χ0n) is 15.3. The van der Waals surface area contributed by atoms with Crippen LogP contribution >= 0.6 is 0 Å². The van der Waals surface area contributed by atoms with Crippen LogP contribution in [0.1, 0.15) is 44.1 Å². The lowest BCUT2D eigenvalue weighted by atomic mass is 10.1. The summed E-state index contributed by atoms with van der Waals surface area (Å²) in [6.45, 7) is 4.90. The van der Waals surface area contributed by atoms with Gasteiger partial charge in [0, 0.05) is 36.3 Å². The lowest BCUT2D eigenvalue weighted by molar-refractivity contribution is -0.144. The summed E-state index contributed by atoms with van der Waals surface area (Å²) < 4.78 is 56.5. The van der Waals surface area contributed by atoms with E-state index in [0.29, 0.717) is 5.56 Å². The van der Waals surface area contributed by atoms with Gasteiger partial charge in [0.05, 0.1) is 5.69 Å². The van der Waals surface area contributed by atoms with Gasteiger partial charge in [0.25, 0.3) is 0 Å². The molecule has 11 heteroatoms. The second-order valence-electron chi connectivity index (χ2n) is 6.82. The van der Waals surface area contributed by atoms with Crippen LogP contribution in [0, 0.1) is 0 Å². The fraction of sp³-hybridized carbons (Fsp3) is 0.412. The van der Waals surface area contributed by atoms with Crippen molar-refractivity contribution in [2.75, 3.05) is 0 Å². The van der Waals surface area contributed by atoms with E-state index in [2.05, 4.69) is 20.3 Å². The molecule has 2 heterocycles. The first-order chi connectivity index (χ1) is 12.9. The Balaban J connectivity index is 2.26. The average molecular weight is 401 g/mol. The van der Waals surface area contributed by atoms with Gasteiger partial charge in [-0.3, -0.25) is 10.7 Å². The minimum atomic E-state index is -4.66. The van der Waals surface area contributed by atoms with Crippen LogP contribution in [0.25, 0.3) is 11.1 Å². The number of hydrogen-bond donors (Lipinski definition) is 2. The summed E-state index contributed by atoms with van der Waals surface area (Å²) in [6.07, 6.45) is -4.11. The van der Waals surface area contributed by atoms with E-state index < -0.39 is 30.0 Å². The first-order valence-electron chi connectivity index (χ1n) is 8.12. The van der Waals surface area contributed by atoms with Crippen molar-refractivity contribution in [3.8, 4) is 11.1 Å². The summed E-state index contributed by atoms with van der Waals surface area (Å²) in [4.78, 5) is 22.3. The van der Waals surface area contributed by atoms with Gasteiger partial charge in [-0.2, -0.15) is 13.2 Å². The van der Waals surface area contributed by atoms with Crippen molar-refractivity contribution >= 4 is 6.09 Å². The molecule has 1 unspecified atom stereocenters. The maximum absolute atomic E-state index is 13.6. The maximum Gasteiger partial charge on any atom is 0.451 e. The highest BCUT2D eigenvalue weighted by atomic mass is 19.4. The standard InChI is InChI=1S/C17H19F4N5O2/c1-16(2,3)28-15(27)26-6-10-4-9(5-23-12(10)13(18)22)11-7-24-14(25-8-11)17(19,20)21/h4-5,7-8,13H,6,22H2,1-3H3,(H,26,27). The third-order valence-electron chi connectivity index (χ3n) is 3.32. The number of ether oxygens (including phenoxy) is 1. The molecule has 0 aliphatic heterocycles. The predicted octanol–water partition coefficient (Wildman–Crippen LogP) is 3.51. The third-order valence-corrected chi connectivity index (χ3v) is 3.32. The maximum atomic E-state index is 13.6. The van der Waals surface area contributed by atoms with Gasteiger partial charge in [0.15, 0.2) is 6.30 Å². The molecule has 1 amide bonds. The van der Waals surface area contributed by atoms with Crippen molar-refractivity contribution in [2.24, 2.45) is 5.73 Å². The van der Waals surface area contributed by atoms with Crippen LogP contribution < -0.4 is 11.1 Å². The predicted molar refractivity (Wildman–Crippen MR) is 91.4 cm³/mol. The Morgan fingerprint density at radius 1 is 1.14 bits per heavy atom. The summed E-state index contributed by atoms with van der Waals surface area (Å²) in [7, 11) is 0. The van der Waals surface area contributed by atoms with Gasteiger partial charge in [0.2, 0.25) is 5.82 Å². The summed E-state index contributed by atoms with van der Waals surface area (Å²) >= 11 is 0. The molecule has 0 saturated carbocycles. The summed E-state index contributed by atoms with van der Waals surface area (Å²) in [5, 5.41) is 2.46. The summed E-state index contributed by atoms with van der Waals surface area (Å²) in [6, 6.07) is 1.44. The van der Waals surface area contributed by atoms with E-state index in [0.717, 1.165) is 12.4 Å². The molecule has 0 bridgehead atoms. The minimum Gasteiger partial charge on any atom is -0.444 e. The van der Waals surface area contributed by atoms with Gasteiger partial charge in [-0.05, 0) is 32.4 Å². The molecule has 3 N–H and O–H groups in total. The molecule has 0 aliphatic carbocycles. The van der Waals surface area contributed by atoms with Crippen LogP contribution in [-0.4, -0.2) is 26.6 Å². The Morgan fingerprint density at radius 3 is 2.21 bits per heavy atom. The molecule has 0 radical (unpaired) electrons. The van der Waals surface area contributed by atoms with Crippen molar-refractivity contribution < 1.29 is 27.1 Å². The molecule has 2 aromatic rings. The minimum absolute atomic E-state index is 0.118. The number of rotatable bonds is 4. The second-order valence-corrected chi connectivity index (χ2v) is 6.82. The van der Waals surface area contributed by atoms with Crippen LogP contribution in [0.2, 0.25) is 0 Å². The molecule has 1 atom stereocenters. The number of aromatic nitrogens is 3. The molecule has 0 saturated heterocycles. The van der Waals surface area contributed by atoms with Crippen LogP contribution in [-0.2, 0) is 17.5 Å². The van der Waals surface area contributed by atoms with E-state index in [1.54, 1.807) is 20.8 Å². The van der Waals surface area contributed by atoms with E-state index in [9.17, 15) is 22.4 Å². The number of carbonyl (C=O) groups excluding carboxylic acids is 1. The zero-order chi connectivity index (χ0) is 21.1. The van der Waals surface area contributed by atoms with Gasteiger partial charge in [0.1, 0.15) is 5.60 Å². The topological polar surface area (TPSA) is 103 Å². The van der Waals surface area contributed by atoms with Crippen molar-refractivity contribution in [3.05, 3.63) is 41.7 Å². The molecular formula is C17H19F4N5O2. The number of amides is 1. The number of alkyl halides is 4. The SMILES string of the molecule is CC(C)(C)OC(=O)NCc1cc(-c2cnc(C(F)(F)F)nc2)cnc1C(N)F. The molecule has 0 aliphatic rings. The van der Waals surface area contributed by atoms with Gasteiger partial charge in [-0.1, -0.05) is 0 Å². The number of halogens is 4. The largest absolute Gasteiger partial charge is 0.451 e. The number of hydrogen-bond acceptors (Lipinski definition) is 6. The van der Waals surface area contributed by atoms with Crippen molar-refractivity contribution in [3.63, 3.8) is 0 Å². The highest BCUT2D eigenvalue weighted by Crippen LogP contribution is 2.28. The number of carbonyl (C=O) groups is 1. The number of nitrogens with two attached hydrogens (primary N) is 1. The third kappa shape index (κ3) is 5.84. The quantitative estimate of drug-likeness (QED) is 0.600. The fourth-order valence-electron chi connectivity index (χ4n) is 2.17. The molecule has 0 spiro atoms. The number of nitrogens with zero attached hydrogens (tertiary/aromatic N) is 3. The van der Waals surface area contributed by atoms with E-state index >= 15 is 0 Å². The molecule has 28 heavy (non-hydrogen) atoms. The average Bonchev–Trinajstić information content (AvgIpc) is 2.57. The first kappa shape index (κ1) is 21.5. The van der Waals surface area contributed by atoms with Crippen LogP contribution in [0.4, 0.5) is 22.4 Å². The van der Waals surface area contributed by atoms with Gasteiger partial charge in [-0.15, -0.1) is 0 Å². The molecule has 2 aromatic heterocycles. The van der Waals surface area contributed by atoms with Crippen molar-refractivity contribution in [1.29, 1.82) is 0 Å². The highest BCUT2D eigenvalue weighted by Gasteiger charge is 2.34. The number of nitrogens with one attached hydrogen (secondary N) is 1. The summed E-state index contributed by atoms with van der Waals surface area (Å²) in [5.74, 6) is -1.28. The Kier molecular flexibility index (Phi) is 6.17. The van der Waals surface area contributed by atoms with E-state index in [1.807, 2.05) is 0 Å². The Bertz CT molecular complexity index is 833. The van der Waals surface area contributed by atoms with Crippen LogP contribution in [0.3, 0.4) is 0 Å². The monoisotopic (exact) mass is 401 g/mol. The lowest BCUT2D eigenvalue weighted by Gasteiger charge is -2.20. The van der Waals surface area contributed by atoms with Crippen LogP contribution in [0.15, 0.2) is 24.7 Å². The van der Waals surface area contributed by atoms with Crippen molar-refractivity contribution in [2.45, 2.75) is 45.4 Å². The molecule has 152 valence electrons. The summed E-state index contributed by atoms with van der Waals surface area (Å²) in [5.41, 5.74) is 5.22. The number of alkyl carbamates (subject to hydrolysis) is 1. The highest BCUT2D eigenvalue weighted by molar-refractivity contribution is 5.68. The Labute approximate surface area is 158 Å². The fourth-order valence-corrected chi connectivity index (χ4v) is 2.17. The molecule has 0 aromatic carbocycles. The Hall–Kier alpha value is -2.82. The van der Waals surface area contributed by atoms with Gasteiger partial charge in [-0.25, -0.2) is 19.2 Å². The molecule has 7 nitrogen and oxygen atoms in total. The van der Waals surface area contributed by atoms with E-state index in [4.69, 9.17) is 10.5 Å². The molecule has 2 rings (SSSR count). The second kappa shape index (κ2) is 8.05. The number of pyridine rings is 1. The van der Waals surface area contributed by atoms with Gasteiger partial charge < -0.3 is 10.1 Å². The van der Waals surface area contributed by atoms with Crippen molar-refractivity contribution in [1.82, 2.24) is 20.3 Å². The van der Waals surface area contributed by atoms with E-state index in [1.165, 1.54) is 12.3 Å². The smallest absolute Gasteiger partial charge is 0.444 e. The van der Waals surface area contributed by atoms with Gasteiger partial charge >= 0.3 is 12.3 Å². The van der Waals surface area contributed by atoms with Crippen LogP contribution in [0.5, 0.6) is 0 Å².